The molecule has 1 aliphatic rings. The van der Waals surface area contributed by atoms with Crippen LogP contribution in [0.15, 0.2) is 53.2 Å². The van der Waals surface area contributed by atoms with Crippen LogP contribution < -0.4 is 5.32 Å². The van der Waals surface area contributed by atoms with Crippen LogP contribution in [0.5, 0.6) is 0 Å². The van der Waals surface area contributed by atoms with Crippen molar-refractivity contribution in [3.05, 3.63) is 65.9 Å². The summed E-state index contributed by atoms with van der Waals surface area (Å²) >= 11 is 0. The van der Waals surface area contributed by atoms with Gasteiger partial charge >= 0.3 is 0 Å². The number of rotatable bonds is 4. The zero-order valence-corrected chi connectivity index (χ0v) is 12.6. The van der Waals surface area contributed by atoms with Crippen LogP contribution in [-0.2, 0) is 15.1 Å². The number of benzene rings is 1. The molecule has 23 heavy (non-hydrogen) atoms. The van der Waals surface area contributed by atoms with Crippen molar-refractivity contribution in [1.82, 2.24) is 5.32 Å². The van der Waals surface area contributed by atoms with Gasteiger partial charge in [0.25, 0.3) is 0 Å². The van der Waals surface area contributed by atoms with Crippen molar-refractivity contribution in [2.75, 3.05) is 13.2 Å². The van der Waals surface area contributed by atoms with E-state index in [-0.39, 0.29) is 11.7 Å². The Balaban J connectivity index is 1.80. The van der Waals surface area contributed by atoms with Gasteiger partial charge in [-0.2, -0.15) is 0 Å². The summed E-state index contributed by atoms with van der Waals surface area (Å²) in [5.74, 6) is 0.0493. The molecule has 3 rings (SSSR count). The molecule has 2 heterocycles. The fourth-order valence-corrected chi connectivity index (χ4v) is 2.81. The molecule has 0 aliphatic carbocycles. The molecule has 2 aromatic rings. The predicted octanol–water partition coefficient (Wildman–Crippen LogP) is 3.25. The number of hydrogen-bond donors (Lipinski definition) is 1. The molecular weight excluding hydrogens is 297 g/mol. The Bertz CT molecular complexity index is 688. The van der Waals surface area contributed by atoms with Crippen LogP contribution in [0, 0.1) is 5.82 Å². The Hall–Kier alpha value is -2.40. The van der Waals surface area contributed by atoms with Crippen LogP contribution in [0.4, 0.5) is 4.39 Å². The lowest BCUT2D eigenvalue weighted by Crippen LogP contribution is -2.49. The molecule has 1 N–H and O–H groups in total. The van der Waals surface area contributed by atoms with E-state index in [2.05, 4.69) is 5.32 Å². The first-order chi connectivity index (χ1) is 11.2. The van der Waals surface area contributed by atoms with E-state index >= 15 is 0 Å². The Morgan fingerprint density at radius 3 is 2.74 bits per heavy atom. The Labute approximate surface area is 133 Å². The van der Waals surface area contributed by atoms with Crippen molar-refractivity contribution in [3.63, 3.8) is 0 Å². The van der Waals surface area contributed by atoms with Crippen molar-refractivity contribution in [2.45, 2.75) is 18.4 Å². The molecule has 1 fully saturated rings. The zero-order valence-electron chi connectivity index (χ0n) is 12.6. The lowest BCUT2D eigenvalue weighted by atomic mass is 9.82. The van der Waals surface area contributed by atoms with Crippen molar-refractivity contribution in [2.24, 2.45) is 0 Å². The summed E-state index contributed by atoms with van der Waals surface area (Å²) in [5.41, 5.74) is 0.158. The summed E-state index contributed by atoms with van der Waals surface area (Å²) in [6.45, 7) is 1.05. The molecule has 0 atom stereocenters. The molecule has 120 valence electrons. The van der Waals surface area contributed by atoms with Gasteiger partial charge in [-0.05, 0) is 48.7 Å². The topological polar surface area (TPSA) is 51.5 Å². The van der Waals surface area contributed by atoms with Gasteiger partial charge in [0.05, 0.1) is 11.8 Å². The molecule has 1 aliphatic heterocycles. The highest BCUT2D eigenvalue weighted by Crippen LogP contribution is 2.32. The predicted molar refractivity (Wildman–Crippen MR) is 84.0 cm³/mol. The lowest BCUT2D eigenvalue weighted by Gasteiger charge is -2.38. The zero-order chi connectivity index (χ0) is 16.1. The summed E-state index contributed by atoms with van der Waals surface area (Å²) in [6, 6.07) is 9.89. The second-order valence-corrected chi connectivity index (χ2v) is 5.54. The van der Waals surface area contributed by atoms with Gasteiger partial charge in [-0.25, -0.2) is 4.39 Å². The third-order valence-electron chi connectivity index (χ3n) is 4.03. The number of hydrogen-bond acceptors (Lipinski definition) is 3. The Kier molecular flexibility index (Phi) is 4.57. The highest BCUT2D eigenvalue weighted by Gasteiger charge is 2.35. The van der Waals surface area contributed by atoms with Crippen LogP contribution in [0.1, 0.15) is 24.2 Å². The fourth-order valence-electron chi connectivity index (χ4n) is 2.81. The van der Waals surface area contributed by atoms with Crippen molar-refractivity contribution < 1.29 is 18.3 Å². The van der Waals surface area contributed by atoms with Crippen molar-refractivity contribution >= 4 is 12.0 Å². The number of furan rings is 1. The van der Waals surface area contributed by atoms with E-state index in [9.17, 15) is 9.18 Å². The normalized spacial score (nSPS) is 17.3. The van der Waals surface area contributed by atoms with Crippen LogP contribution in [0.25, 0.3) is 6.08 Å². The first-order valence-electron chi connectivity index (χ1n) is 7.55. The maximum Gasteiger partial charge on any atom is 0.244 e. The van der Waals surface area contributed by atoms with Gasteiger partial charge in [0.2, 0.25) is 5.91 Å². The van der Waals surface area contributed by atoms with E-state index in [0.717, 1.165) is 5.56 Å². The van der Waals surface area contributed by atoms with Gasteiger partial charge in [0.1, 0.15) is 11.6 Å². The molecule has 1 aromatic carbocycles. The molecule has 1 amide bonds. The standard InChI is InChI=1S/C18H18FNO3/c19-15-4-1-3-14(13-15)18(8-11-22-12-9-18)20-17(21)7-6-16-5-2-10-23-16/h1-7,10,13H,8-9,11-12H2,(H,20,21)/b7-6+. The minimum Gasteiger partial charge on any atom is -0.465 e. The Morgan fingerprint density at radius 1 is 1.22 bits per heavy atom. The van der Waals surface area contributed by atoms with Gasteiger partial charge < -0.3 is 14.5 Å². The minimum atomic E-state index is -0.606. The molecule has 0 bridgehead atoms. The number of carbonyl (C=O) groups excluding carboxylic acids is 1. The summed E-state index contributed by atoms with van der Waals surface area (Å²) in [6.07, 6.45) is 5.79. The third kappa shape index (κ3) is 3.68. The first-order valence-corrected chi connectivity index (χ1v) is 7.55. The molecule has 0 unspecified atom stereocenters. The van der Waals surface area contributed by atoms with Crippen LogP contribution in [-0.4, -0.2) is 19.1 Å². The number of carbonyl (C=O) groups is 1. The van der Waals surface area contributed by atoms with E-state index < -0.39 is 5.54 Å². The van der Waals surface area contributed by atoms with Crippen LogP contribution in [0.2, 0.25) is 0 Å². The highest BCUT2D eigenvalue weighted by molar-refractivity contribution is 5.92. The van der Waals surface area contributed by atoms with Gasteiger partial charge in [0, 0.05) is 19.3 Å². The first kappa shape index (κ1) is 15.5. The van der Waals surface area contributed by atoms with Crippen molar-refractivity contribution in [3.8, 4) is 0 Å². The average Bonchev–Trinajstić information content (AvgIpc) is 3.07. The third-order valence-corrected chi connectivity index (χ3v) is 4.03. The molecule has 0 spiro atoms. The molecule has 0 saturated carbocycles. The molecule has 4 nitrogen and oxygen atoms in total. The largest absolute Gasteiger partial charge is 0.465 e. The Morgan fingerprint density at radius 2 is 2.04 bits per heavy atom. The van der Waals surface area contributed by atoms with Gasteiger partial charge in [-0.3, -0.25) is 4.79 Å². The molecule has 0 radical (unpaired) electrons. The lowest BCUT2D eigenvalue weighted by molar-refractivity contribution is -0.119. The van der Waals surface area contributed by atoms with E-state index in [1.165, 1.54) is 18.2 Å². The van der Waals surface area contributed by atoms with Crippen LogP contribution in [0.3, 0.4) is 0 Å². The smallest absolute Gasteiger partial charge is 0.244 e. The number of halogens is 1. The van der Waals surface area contributed by atoms with Gasteiger partial charge in [0.15, 0.2) is 0 Å². The monoisotopic (exact) mass is 315 g/mol. The second-order valence-electron chi connectivity index (χ2n) is 5.54. The molecular formula is C18H18FNO3. The number of ether oxygens (including phenoxy) is 1. The average molecular weight is 315 g/mol. The second kappa shape index (κ2) is 6.79. The molecule has 1 saturated heterocycles. The molecule has 5 heteroatoms. The van der Waals surface area contributed by atoms with E-state index in [0.29, 0.717) is 31.8 Å². The summed E-state index contributed by atoms with van der Waals surface area (Å²) in [7, 11) is 0. The highest BCUT2D eigenvalue weighted by atomic mass is 19.1. The minimum absolute atomic E-state index is 0.243. The molecule has 1 aromatic heterocycles. The summed E-state index contributed by atoms with van der Waals surface area (Å²) in [5, 5.41) is 3.02. The maximum atomic E-state index is 13.6. The maximum absolute atomic E-state index is 13.6. The number of nitrogens with one attached hydrogen (secondary N) is 1. The van der Waals surface area contributed by atoms with Gasteiger partial charge in [-0.15, -0.1) is 0 Å². The van der Waals surface area contributed by atoms with E-state index in [4.69, 9.17) is 9.15 Å². The number of amides is 1. The van der Waals surface area contributed by atoms with E-state index in [1.54, 1.807) is 30.5 Å². The van der Waals surface area contributed by atoms with Gasteiger partial charge in [-0.1, -0.05) is 12.1 Å². The van der Waals surface area contributed by atoms with Crippen molar-refractivity contribution in [1.29, 1.82) is 0 Å². The SMILES string of the molecule is O=C(/C=C/c1ccco1)NC1(c2cccc(F)c2)CCOCC1. The summed E-state index contributed by atoms with van der Waals surface area (Å²) < 4.78 is 24.2. The quantitative estimate of drug-likeness (QED) is 0.881. The summed E-state index contributed by atoms with van der Waals surface area (Å²) in [4.78, 5) is 12.3. The van der Waals surface area contributed by atoms with Crippen LogP contribution >= 0.6 is 0 Å². The van der Waals surface area contributed by atoms with E-state index in [1.807, 2.05) is 6.07 Å². The fraction of sp³-hybridized carbons (Fsp3) is 0.278.